The van der Waals surface area contributed by atoms with Gasteiger partial charge in [-0.1, -0.05) is 13.8 Å². The van der Waals surface area contributed by atoms with Gasteiger partial charge in [0, 0.05) is 0 Å². The molecule has 4 N–H and O–H groups in total. The molecular weight excluding hydrogens is 324 g/mol. The van der Waals surface area contributed by atoms with Crippen LogP contribution < -0.4 is 10.5 Å². The zero-order valence-corrected chi connectivity index (χ0v) is 13.8. The molecule has 1 atom stereocenters. The van der Waals surface area contributed by atoms with Crippen LogP contribution in [-0.2, 0) is 14.8 Å². The fourth-order valence-electron chi connectivity index (χ4n) is 3.08. The van der Waals surface area contributed by atoms with E-state index in [9.17, 15) is 23.1 Å². The third-order valence-corrected chi connectivity index (χ3v) is 4.87. The molecule has 2 rings (SSSR count). The SMILES string of the molecule is CC1(C)CCCC(NC(=O)c2ccc(S(N)(=O)=O)o2)(C(=O)O)C1. The van der Waals surface area contributed by atoms with Gasteiger partial charge in [-0.25, -0.2) is 18.4 Å². The van der Waals surface area contributed by atoms with Gasteiger partial charge in [0.15, 0.2) is 5.76 Å². The third kappa shape index (κ3) is 3.73. The first-order valence-electron chi connectivity index (χ1n) is 7.14. The molecule has 1 heterocycles. The van der Waals surface area contributed by atoms with Crippen LogP contribution in [0.3, 0.4) is 0 Å². The Morgan fingerprint density at radius 1 is 1.30 bits per heavy atom. The summed E-state index contributed by atoms with van der Waals surface area (Å²) in [5.41, 5.74) is -1.62. The van der Waals surface area contributed by atoms with Crippen molar-refractivity contribution in [2.24, 2.45) is 10.6 Å². The van der Waals surface area contributed by atoms with E-state index in [1.165, 1.54) is 0 Å². The molecule has 0 bridgehead atoms. The van der Waals surface area contributed by atoms with E-state index >= 15 is 0 Å². The largest absolute Gasteiger partial charge is 0.480 e. The maximum atomic E-state index is 12.3. The zero-order chi connectivity index (χ0) is 17.5. The topological polar surface area (TPSA) is 140 Å². The van der Waals surface area contributed by atoms with E-state index in [2.05, 4.69) is 5.32 Å². The van der Waals surface area contributed by atoms with Crippen LogP contribution in [0.4, 0.5) is 0 Å². The lowest BCUT2D eigenvalue weighted by molar-refractivity contribution is -0.147. The molecule has 1 fully saturated rings. The van der Waals surface area contributed by atoms with E-state index in [-0.39, 0.29) is 17.6 Å². The number of sulfonamides is 1. The van der Waals surface area contributed by atoms with Crippen molar-refractivity contribution < 1.29 is 27.5 Å². The second kappa shape index (κ2) is 5.64. The number of hydrogen-bond donors (Lipinski definition) is 3. The van der Waals surface area contributed by atoms with Gasteiger partial charge in [0.05, 0.1) is 0 Å². The molecule has 128 valence electrons. The lowest BCUT2D eigenvalue weighted by atomic mass is 9.68. The van der Waals surface area contributed by atoms with E-state index in [1.807, 2.05) is 13.8 Å². The highest BCUT2D eigenvalue weighted by Crippen LogP contribution is 2.41. The van der Waals surface area contributed by atoms with Gasteiger partial charge in [-0.15, -0.1) is 0 Å². The Morgan fingerprint density at radius 2 is 1.96 bits per heavy atom. The first-order valence-corrected chi connectivity index (χ1v) is 8.68. The number of rotatable bonds is 4. The summed E-state index contributed by atoms with van der Waals surface area (Å²) in [6.07, 6.45) is 2.12. The van der Waals surface area contributed by atoms with Gasteiger partial charge in [-0.3, -0.25) is 4.79 Å². The Labute approximate surface area is 134 Å². The van der Waals surface area contributed by atoms with Crippen LogP contribution in [0.1, 0.15) is 50.1 Å². The Kier molecular flexibility index (Phi) is 4.29. The van der Waals surface area contributed by atoms with Crippen molar-refractivity contribution in [3.05, 3.63) is 17.9 Å². The minimum atomic E-state index is -4.06. The van der Waals surface area contributed by atoms with Gasteiger partial charge in [0.1, 0.15) is 5.54 Å². The third-order valence-electron chi connectivity index (χ3n) is 4.09. The van der Waals surface area contributed by atoms with Gasteiger partial charge < -0.3 is 14.8 Å². The summed E-state index contributed by atoms with van der Waals surface area (Å²) < 4.78 is 27.3. The predicted molar refractivity (Wildman–Crippen MR) is 80.2 cm³/mol. The molecule has 0 radical (unpaired) electrons. The Balaban J connectivity index is 2.25. The average molecular weight is 344 g/mol. The standard InChI is InChI=1S/C14H20N2O6S/c1-13(2)6-3-7-14(8-13,12(18)19)16-11(17)9-4-5-10(22-9)23(15,20)21/h4-5H,3,6-8H2,1-2H3,(H,16,17)(H,18,19)(H2,15,20,21). The molecule has 0 spiro atoms. The minimum absolute atomic E-state index is 0.223. The van der Waals surface area contributed by atoms with Crippen molar-refractivity contribution in [2.45, 2.75) is 50.2 Å². The number of carboxylic acids is 1. The number of aliphatic carboxylic acids is 1. The number of amides is 1. The van der Waals surface area contributed by atoms with E-state index in [0.29, 0.717) is 12.8 Å². The van der Waals surface area contributed by atoms with Gasteiger partial charge in [-0.2, -0.15) is 0 Å². The molecular formula is C14H20N2O6S. The van der Waals surface area contributed by atoms with Gasteiger partial charge in [-0.05, 0) is 43.2 Å². The predicted octanol–water partition coefficient (Wildman–Crippen LogP) is 1.08. The maximum absolute atomic E-state index is 12.3. The monoisotopic (exact) mass is 344 g/mol. The quantitative estimate of drug-likeness (QED) is 0.746. The van der Waals surface area contributed by atoms with Crippen molar-refractivity contribution in [1.82, 2.24) is 5.32 Å². The average Bonchev–Trinajstić information content (AvgIpc) is 2.86. The Bertz CT molecular complexity index is 736. The van der Waals surface area contributed by atoms with E-state index in [4.69, 9.17) is 9.56 Å². The molecule has 0 aliphatic heterocycles. The number of carbonyl (C=O) groups is 2. The highest BCUT2D eigenvalue weighted by atomic mass is 32.2. The smallest absolute Gasteiger partial charge is 0.329 e. The zero-order valence-electron chi connectivity index (χ0n) is 13.0. The summed E-state index contributed by atoms with van der Waals surface area (Å²) in [6.45, 7) is 3.89. The molecule has 1 saturated carbocycles. The first-order chi connectivity index (χ1) is 10.5. The minimum Gasteiger partial charge on any atom is -0.480 e. The first kappa shape index (κ1) is 17.5. The number of nitrogens with two attached hydrogens (primary N) is 1. The van der Waals surface area contributed by atoms with Crippen molar-refractivity contribution in [3.8, 4) is 0 Å². The maximum Gasteiger partial charge on any atom is 0.329 e. The normalized spacial score (nSPS) is 24.1. The summed E-state index contributed by atoms with van der Waals surface area (Å²) in [5, 5.41) is 16.5. The van der Waals surface area contributed by atoms with Crippen LogP contribution in [0, 0.1) is 5.41 Å². The summed E-state index contributed by atoms with van der Waals surface area (Å²) in [6, 6.07) is 2.21. The van der Waals surface area contributed by atoms with Crippen molar-refractivity contribution in [3.63, 3.8) is 0 Å². The van der Waals surface area contributed by atoms with Crippen LogP contribution in [0.15, 0.2) is 21.6 Å². The molecule has 1 aliphatic carbocycles. The molecule has 8 nitrogen and oxygen atoms in total. The molecule has 1 aromatic heterocycles. The Morgan fingerprint density at radius 3 is 2.43 bits per heavy atom. The molecule has 1 aromatic rings. The number of carboxylic acid groups (broad SMARTS) is 1. The van der Waals surface area contributed by atoms with Crippen LogP contribution in [0.2, 0.25) is 0 Å². The molecule has 23 heavy (non-hydrogen) atoms. The molecule has 1 amide bonds. The molecule has 1 aliphatic rings. The second-order valence-electron chi connectivity index (χ2n) is 6.70. The van der Waals surface area contributed by atoms with Crippen LogP contribution in [0.25, 0.3) is 0 Å². The molecule has 9 heteroatoms. The van der Waals surface area contributed by atoms with Crippen LogP contribution in [-0.4, -0.2) is 30.9 Å². The second-order valence-corrected chi connectivity index (χ2v) is 8.19. The number of carbonyl (C=O) groups excluding carboxylic acids is 1. The van der Waals surface area contributed by atoms with E-state index in [0.717, 1.165) is 18.6 Å². The van der Waals surface area contributed by atoms with Crippen molar-refractivity contribution in [1.29, 1.82) is 0 Å². The van der Waals surface area contributed by atoms with E-state index in [1.54, 1.807) is 0 Å². The van der Waals surface area contributed by atoms with Gasteiger partial charge in [0.25, 0.3) is 15.9 Å². The number of nitrogens with one attached hydrogen (secondary N) is 1. The number of primary sulfonamides is 1. The van der Waals surface area contributed by atoms with E-state index < -0.39 is 32.5 Å². The van der Waals surface area contributed by atoms with Crippen LogP contribution >= 0.6 is 0 Å². The Hall–Kier alpha value is -1.87. The fraction of sp³-hybridized carbons (Fsp3) is 0.571. The summed E-state index contributed by atoms with van der Waals surface area (Å²) in [7, 11) is -4.06. The van der Waals surface area contributed by atoms with Gasteiger partial charge >= 0.3 is 5.97 Å². The molecule has 0 aromatic carbocycles. The molecule has 0 saturated heterocycles. The highest BCUT2D eigenvalue weighted by molar-refractivity contribution is 7.89. The summed E-state index contributed by atoms with van der Waals surface area (Å²) in [5.74, 6) is -2.19. The van der Waals surface area contributed by atoms with Crippen molar-refractivity contribution >= 4 is 21.9 Å². The fourth-order valence-corrected chi connectivity index (χ4v) is 3.54. The number of hydrogen-bond acceptors (Lipinski definition) is 5. The van der Waals surface area contributed by atoms with Gasteiger partial charge in [0.2, 0.25) is 5.09 Å². The summed E-state index contributed by atoms with van der Waals surface area (Å²) in [4.78, 5) is 24.0. The molecule has 1 unspecified atom stereocenters. The number of furan rings is 1. The lowest BCUT2D eigenvalue weighted by Crippen LogP contribution is -2.58. The van der Waals surface area contributed by atoms with Crippen LogP contribution in [0.5, 0.6) is 0 Å². The lowest BCUT2D eigenvalue weighted by Gasteiger charge is -2.42. The summed E-state index contributed by atoms with van der Waals surface area (Å²) >= 11 is 0. The highest BCUT2D eigenvalue weighted by Gasteiger charge is 2.47. The van der Waals surface area contributed by atoms with Crippen molar-refractivity contribution in [2.75, 3.05) is 0 Å².